The second kappa shape index (κ2) is 5.43. The van der Waals surface area contributed by atoms with E-state index in [-0.39, 0.29) is 0 Å². The monoisotopic (exact) mass is 177 g/mol. The number of hydrogen-bond donors (Lipinski definition) is 1. The van der Waals surface area contributed by atoms with Crippen LogP contribution >= 0.6 is 0 Å². The van der Waals surface area contributed by atoms with E-state index in [4.69, 9.17) is 0 Å². The summed E-state index contributed by atoms with van der Waals surface area (Å²) >= 11 is 0. The fraction of sp³-hybridized carbons (Fsp3) is 0.400. The van der Waals surface area contributed by atoms with Gasteiger partial charge in [0.25, 0.3) is 0 Å². The van der Waals surface area contributed by atoms with E-state index in [1.54, 1.807) is 12.5 Å². The molecule has 0 fully saturated rings. The van der Waals surface area contributed by atoms with Gasteiger partial charge in [-0.3, -0.25) is 0 Å². The van der Waals surface area contributed by atoms with Crippen LogP contribution in [0.1, 0.15) is 19.0 Å². The van der Waals surface area contributed by atoms with E-state index >= 15 is 0 Å². The molecule has 1 aromatic heterocycles. The molecule has 1 heterocycles. The van der Waals surface area contributed by atoms with Gasteiger partial charge in [0, 0.05) is 12.7 Å². The van der Waals surface area contributed by atoms with Crippen molar-refractivity contribution in [3.05, 3.63) is 36.4 Å². The van der Waals surface area contributed by atoms with Crippen LogP contribution in [0.4, 0.5) is 0 Å². The van der Waals surface area contributed by atoms with Crippen molar-refractivity contribution in [1.29, 1.82) is 0 Å². The van der Waals surface area contributed by atoms with Crippen molar-refractivity contribution < 1.29 is 0 Å². The van der Waals surface area contributed by atoms with E-state index < -0.39 is 0 Å². The fourth-order valence-electron chi connectivity index (χ4n) is 0.941. The largest absolute Gasteiger partial charge is 0.311 e. The van der Waals surface area contributed by atoms with Crippen LogP contribution in [0.15, 0.2) is 30.7 Å². The maximum Gasteiger partial charge on any atom is 0.115 e. The molecule has 0 atom stereocenters. The van der Waals surface area contributed by atoms with E-state index in [1.165, 1.54) is 5.57 Å². The molecule has 0 aromatic carbocycles. The Labute approximate surface area is 78.9 Å². The lowest BCUT2D eigenvalue weighted by Gasteiger charge is -2.02. The maximum atomic E-state index is 4.10. The standard InChI is InChI=1S/C10H15N3/c1-9(2)3-5-11-7-10-4-6-12-8-13-10/h4,6,8,11H,1,3,5,7H2,2H3. The summed E-state index contributed by atoms with van der Waals surface area (Å²) in [5.74, 6) is 0. The zero-order chi connectivity index (χ0) is 9.52. The van der Waals surface area contributed by atoms with Gasteiger partial charge in [-0.1, -0.05) is 5.57 Å². The first-order valence-electron chi connectivity index (χ1n) is 4.39. The zero-order valence-corrected chi connectivity index (χ0v) is 7.95. The Morgan fingerprint density at radius 1 is 1.62 bits per heavy atom. The predicted molar refractivity (Wildman–Crippen MR) is 53.2 cm³/mol. The quantitative estimate of drug-likeness (QED) is 0.547. The molecule has 0 aliphatic carbocycles. The van der Waals surface area contributed by atoms with Crippen LogP contribution in [0.2, 0.25) is 0 Å². The zero-order valence-electron chi connectivity index (χ0n) is 7.95. The fourth-order valence-corrected chi connectivity index (χ4v) is 0.941. The van der Waals surface area contributed by atoms with Crippen molar-refractivity contribution in [3.63, 3.8) is 0 Å². The predicted octanol–water partition coefficient (Wildman–Crippen LogP) is 1.53. The molecule has 0 saturated carbocycles. The van der Waals surface area contributed by atoms with Crippen LogP contribution in [0.25, 0.3) is 0 Å². The number of hydrogen-bond acceptors (Lipinski definition) is 3. The Morgan fingerprint density at radius 2 is 2.46 bits per heavy atom. The van der Waals surface area contributed by atoms with Crippen LogP contribution in [0, 0.1) is 0 Å². The van der Waals surface area contributed by atoms with Gasteiger partial charge in [0.2, 0.25) is 0 Å². The number of nitrogens with one attached hydrogen (secondary N) is 1. The molecule has 13 heavy (non-hydrogen) atoms. The minimum atomic E-state index is 0.801. The smallest absolute Gasteiger partial charge is 0.115 e. The lowest BCUT2D eigenvalue weighted by Crippen LogP contribution is -2.15. The number of rotatable bonds is 5. The first-order chi connectivity index (χ1) is 6.29. The lowest BCUT2D eigenvalue weighted by molar-refractivity contribution is 0.671. The van der Waals surface area contributed by atoms with Crippen molar-refractivity contribution in [2.45, 2.75) is 19.9 Å². The van der Waals surface area contributed by atoms with Crippen LogP contribution in [0.5, 0.6) is 0 Å². The van der Waals surface area contributed by atoms with Gasteiger partial charge in [0.05, 0.1) is 5.69 Å². The van der Waals surface area contributed by atoms with Gasteiger partial charge in [0.1, 0.15) is 6.33 Å². The van der Waals surface area contributed by atoms with E-state index in [2.05, 4.69) is 21.9 Å². The first kappa shape index (κ1) is 9.86. The van der Waals surface area contributed by atoms with Crippen LogP contribution in [-0.2, 0) is 6.54 Å². The Morgan fingerprint density at radius 3 is 3.08 bits per heavy atom. The molecule has 0 aliphatic rings. The molecule has 1 N–H and O–H groups in total. The highest BCUT2D eigenvalue weighted by molar-refractivity contribution is 4.97. The SMILES string of the molecule is C=C(C)CCNCc1ccncn1. The summed E-state index contributed by atoms with van der Waals surface area (Å²) in [6.45, 7) is 7.63. The molecule has 0 spiro atoms. The molecule has 0 radical (unpaired) electrons. The third-order valence-corrected chi connectivity index (χ3v) is 1.68. The van der Waals surface area contributed by atoms with Crippen LogP contribution in [0.3, 0.4) is 0 Å². The summed E-state index contributed by atoms with van der Waals surface area (Å²) in [6, 6.07) is 1.91. The Balaban J connectivity index is 2.17. The summed E-state index contributed by atoms with van der Waals surface area (Å²) in [5, 5.41) is 3.28. The van der Waals surface area contributed by atoms with Gasteiger partial charge in [0.15, 0.2) is 0 Å². The van der Waals surface area contributed by atoms with Crippen molar-refractivity contribution in [2.24, 2.45) is 0 Å². The highest BCUT2D eigenvalue weighted by atomic mass is 14.9. The Bertz CT molecular complexity index is 256. The van der Waals surface area contributed by atoms with Gasteiger partial charge in [-0.15, -0.1) is 6.58 Å². The molecular weight excluding hydrogens is 162 g/mol. The minimum absolute atomic E-state index is 0.801. The second-order valence-corrected chi connectivity index (χ2v) is 3.08. The Kier molecular flexibility index (Phi) is 4.12. The molecule has 0 unspecified atom stereocenters. The molecular formula is C10H15N3. The molecule has 1 aromatic rings. The second-order valence-electron chi connectivity index (χ2n) is 3.08. The summed E-state index contributed by atoms with van der Waals surface area (Å²) in [4.78, 5) is 7.95. The molecule has 0 bridgehead atoms. The summed E-state index contributed by atoms with van der Waals surface area (Å²) in [7, 11) is 0. The van der Waals surface area contributed by atoms with Gasteiger partial charge in [-0.25, -0.2) is 9.97 Å². The summed E-state index contributed by atoms with van der Waals surface area (Å²) < 4.78 is 0. The average Bonchev–Trinajstić information content (AvgIpc) is 2.14. The molecule has 0 amide bonds. The van der Waals surface area contributed by atoms with Crippen LogP contribution in [-0.4, -0.2) is 16.5 Å². The van der Waals surface area contributed by atoms with Crippen LogP contribution < -0.4 is 5.32 Å². The maximum absolute atomic E-state index is 4.10. The normalized spacial score (nSPS) is 9.92. The summed E-state index contributed by atoms with van der Waals surface area (Å²) in [6.07, 6.45) is 4.34. The van der Waals surface area contributed by atoms with Crippen molar-refractivity contribution >= 4 is 0 Å². The third-order valence-electron chi connectivity index (χ3n) is 1.68. The number of aromatic nitrogens is 2. The molecule has 70 valence electrons. The highest BCUT2D eigenvalue weighted by Crippen LogP contribution is 1.94. The van der Waals surface area contributed by atoms with Gasteiger partial charge in [-0.2, -0.15) is 0 Å². The van der Waals surface area contributed by atoms with Crippen molar-refractivity contribution in [3.8, 4) is 0 Å². The highest BCUT2D eigenvalue weighted by Gasteiger charge is 1.91. The van der Waals surface area contributed by atoms with E-state index in [0.29, 0.717) is 0 Å². The third kappa shape index (κ3) is 4.38. The average molecular weight is 177 g/mol. The Hall–Kier alpha value is -1.22. The topological polar surface area (TPSA) is 37.8 Å². The molecule has 0 aliphatic heterocycles. The minimum Gasteiger partial charge on any atom is -0.311 e. The molecule has 1 rings (SSSR count). The molecule has 0 saturated heterocycles. The van der Waals surface area contributed by atoms with Crippen molar-refractivity contribution in [2.75, 3.05) is 6.54 Å². The van der Waals surface area contributed by atoms with Gasteiger partial charge < -0.3 is 5.32 Å². The first-order valence-corrected chi connectivity index (χ1v) is 4.39. The number of nitrogens with zero attached hydrogens (tertiary/aromatic N) is 2. The van der Waals surface area contributed by atoms with E-state index in [0.717, 1.165) is 25.2 Å². The summed E-state index contributed by atoms with van der Waals surface area (Å²) in [5.41, 5.74) is 2.23. The van der Waals surface area contributed by atoms with E-state index in [1.807, 2.05) is 13.0 Å². The molecule has 3 heteroatoms. The van der Waals surface area contributed by atoms with Gasteiger partial charge >= 0.3 is 0 Å². The van der Waals surface area contributed by atoms with Gasteiger partial charge in [-0.05, 0) is 26.0 Å². The van der Waals surface area contributed by atoms with Crippen molar-refractivity contribution in [1.82, 2.24) is 15.3 Å². The molecule has 3 nitrogen and oxygen atoms in total. The lowest BCUT2D eigenvalue weighted by atomic mass is 10.2. The van der Waals surface area contributed by atoms with E-state index in [9.17, 15) is 0 Å².